The Morgan fingerprint density at radius 1 is 1.22 bits per heavy atom. The summed E-state index contributed by atoms with van der Waals surface area (Å²) in [6, 6.07) is 0. The van der Waals surface area contributed by atoms with Gasteiger partial charge in [0.1, 0.15) is 0 Å². The van der Waals surface area contributed by atoms with Gasteiger partial charge in [-0.3, -0.25) is 0 Å². The van der Waals surface area contributed by atoms with Crippen LogP contribution in [0.3, 0.4) is 0 Å². The molecule has 5 unspecified atom stereocenters. The predicted molar refractivity (Wildman–Crippen MR) is 84.2 cm³/mol. The van der Waals surface area contributed by atoms with Crippen LogP contribution in [0.15, 0.2) is 0 Å². The minimum absolute atomic E-state index is 0.0146. The molecule has 1 aliphatic carbocycles. The smallest absolute Gasteiger partial charge is 0.0850 e. The minimum Gasteiger partial charge on any atom is -0.372 e. The van der Waals surface area contributed by atoms with Gasteiger partial charge in [0.05, 0.1) is 17.0 Å². The monoisotopic (exact) mass is 358 g/mol. The second-order valence-corrected chi connectivity index (χ2v) is 7.66. The molecule has 0 saturated heterocycles. The van der Waals surface area contributed by atoms with Gasteiger partial charge in [0.15, 0.2) is 0 Å². The lowest BCUT2D eigenvalue weighted by Gasteiger charge is -2.39. The number of hydrogen-bond acceptors (Lipinski definition) is 1. The zero-order chi connectivity index (χ0) is 13.7. The van der Waals surface area contributed by atoms with E-state index in [1.165, 1.54) is 12.8 Å². The van der Waals surface area contributed by atoms with Crippen LogP contribution in [0.5, 0.6) is 0 Å². The maximum absolute atomic E-state index is 6.27. The third kappa shape index (κ3) is 4.85. The lowest BCUT2D eigenvalue weighted by molar-refractivity contribution is -0.0705. The molecule has 0 aromatic carbocycles. The molecule has 108 valence electrons. The molecule has 0 spiro atoms. The fourth-order valence-corrected chi connectivity index (χ4v) is 3.83. The molecule has 0 aromatic heterocycles. The molecule has 1 rings (SSSR count). The molecular weight excluding hydrogens is 335 g/mol. The summed E-state index contributed by atoms with van der Waals surface area (Å²) in [6.07, 6.45) is 4.09. The standard InChI is InChI=1S/C14H25BrCl2O/c1-9(2)11-5-4-10(3)6-13(11)18-14(8-17)12(15)7-16/h9-14H,4-8H2,1-3H3. The van der Waals surface area contributed by atoms with Crippen molar-refractivity contribution in [1.82, 2.24) is 0 Å². The summed E-state index contributed by atoms with van der Waals surface area (Å²) in [6.45, 7) is 6.90. The molecule has 1 aliphatic rings. The van der Waals surface area contributed by atoms with Crippen molar-refractivity contribution in [3.05, 3.63) is 0 Å². The quantitative estimate of drug-likeness (QED) is 0.601. The van der Waals surface area contributed by atoms with Crippen LogP contribution in [0.1, 0.15) is 40.0 Å². The van der Waals surface area contributed by atoms with Gasteiger partial charge in [-0.05, 0) is 30.6 Å². The largest absolute Gasteiger partial charge is 0.372 e. The Morgan fingerprint density at radius 3 is 2.39 bits per heavy atom. The highest BCUT2D eigenvalue weighted by Gasteiger charge is 2.34. The van der Waals surface area contributed by atoms with Gasteiger partial charge in [0.2, 0.25) is 0 Å². The summed E-state index contributed by atoms with van der Waals surface area (Å²) in [5.74, 6) is 3.11. The van der Waals surface area contributed by atoms with E-state index in [4.69, 9.17) is 27.9 Å². The molecule has 4 heteroatoms. The SMILES string of the molecule is CC1CCC(C(C)C)C(OC(CCl)C(Br)CCl)C1. The first-order valence-electron chi connectivity index (χ1n) is 6.91. The first kappa shape index (κ1) is 17.1. The van der Waals surface area contributed by atoms with Gasteiger partial charge in [-0.2, -0.15) is 0 Å². The Bertz CT molecular complexity index is 238. The molecule has 0 aliphatic heterocycles. The van der Waals surface area contributed by atoms with E-state index in [0.717, 1.165) is 12.3 Å². The van der Waals surface area contributed by atoms with Crippen LogP contribution in [-0.2, 0) is 4.74 Å². The maximum Gasteiger partial charge on any atom is 0.0850 e. The lowest BCUT2D eigenvalue weighted by Crippen LogP contribution is -2.40. The normalized spacial score (nSPS) is 32.5. The topological polar surface area (TPSA) is 9.23 Å². The summed E-state index contributed by atoms with van der Waals surface area (Å²) in [4.78, 5) is 0.140. The van der Waals surface area contributed by atoms with Crippen LogP contribution < -0.4 is 0 Å². The summed E-state index contributed by atoms with van der Waals surface area (Å²) in [7, 11) is 0. The first-order chi connectivity index (χ1) is 8.49. The molecular formula is C14H25BrCl2O. The summed E-state index contributed by atoms with van der Waals surface area (Å²) < 4.78 is 6.27. The Morgan fingerprint density at radius 2 is 1.89 bits per heavy atom. The number of hydrogen-bond donors (Lipinski definition) is 0. The van der Waals surface area contributed by atoms with Gasteiger partial charge < -0.3 is 4.74 Å². The van der Waals surface area contributed by atoms with E-state index in [0.29, 0.717) is 29.7 Å². The average molecular weight is 360 g/mol. The molecule has 1 saturated carbocycles. The van der Waals surface area contributed by atoms with Crippen molar-refractivity contribution in [2.75, 3.05) is 11.8 Å². The highest BCUT2D eigenvalue weighted by atomic mass is 79.9. The second kappa shape index (κ2) is 8.34. The number of alkyl halides is 3. The van der Waals surface area contributed by atoms with Crippen molar-refractivity contribution >= 4 is 39.1 Å². The second-order valence-electron chi connectivity index (χ2n) is 5.86. The molecule has 5 atom stereocenters. The van der Waals surface area contributed by atoms with Crippen LogP contribution in [-0.4, -0.2) is 28.8 Å². The molecule has 1 fully saturated rings. The zero-order valence-corrected chi connectivity index (χ0v) is 14.6. The molecule has 0 bridgehead atoms. The molecule has 0 aromatic rings. The Kier molecular flexibility index (Phi) is 7.91. The van der Waals surface area contributed by atoms with Crippen molar-refractivity contribution in [2.24, 2.45) is 17.8 Å². The fraction of sp³-hybridized carbons (Fsp3) is 1.00. The van der Waals surface area contributed by atoms with E-state index in [-0.39, 0.29) is 10.9 Å². The zero-order valence-electron chi connectivity index (χ0n) is 11.5. The van der Waals surface area contributed by atoms with E-state index in [9.17, 15) is 0 Å². The van der Waals surface area contributed by atoms with Crippen LogP contribution in [0.4, 0.5) is 0 Å². The van der Waals surface area contributed by atoms with Crippen molar-refractivity contribution in [1.29, 1.82) is 0 Å². The third-order valence-electron chi connectivity index (χ3n) is 4.01. The lowest BCUT2D eigenvalue weighted by atomic mass is 9.75. The molecule has 0 N–H and O–H groups in total. The Labute approximate surface area is 130 Å². The van der Waals surface area contributed by atoms with Gasteiger partial charge in [-0.25, -0.2) is 0 Å². The average Bonchev–Trinajstić information content (AvgIpc) is 2.34. The van der Waals surface area contributed by atoms with Gasteiger partial charge in [-0.15, -0.1) is 23.2 Å². The van der Waals surface area contributed by atoms with Crippen LogP contribution in [0, 0.1) is 17.8 Å². The number of ether oxygens (including phenoxy) is 1. The minimum atomic E-state index is 0.0146. The van der Waals surface area contributed by atoms with Gasteiger partial charge in [-0.1, -0.05) is 43.1 Å². The van der Waals surface area contributed by atoms with Crippen molar-refractivity contribution in [3.63, 3.8) is 0 Å². The highest BCUT2D eigenvalue weighted by Crippen LogP contribution is 2.36. The number of halogens is 3. The Balaban J connectivity index is 2.64. The van der Waals surface area contributed by atoms with Crippen LogP contribution in [0.25, 0.3) is 0 Å². The molecule has 18 heavy (non-hydrogen) atoms. The summed E-state index contributed by atoms with van der Waals surface area (Å²) in [5.41, 5.74) is 0. The fourth-order valence-electron chi connectivity index (χ4n) is 2.81. The van der Waals surface area contributed by atoms with Crippen LogP contribution >= 0.6 is 39.1 Å². The van der Waals surface area contributed by atoms with Crippen LogP contribution in [0.2, 0.25) is 0 Å². The molecule has 1 nitrogen and oxygen atoms in total. The van der Waals surface area contributed by atoms with E-state index in [2.05, 4.69) is 36.7 Å². The number of rotatable bonds is 6. The third-order valence-corrected chi connectivity index (χ3v) is 5.94. The van der Waals surface area contributed by atoms with Crippen molar-refractivity contribution < 1.29 is 4.74 Å². The Hall–Kier alpha value is 1.02. The summed E-state index contributed by atoms with van der Waals surface area (Å²) in [5, 5.41) is 0. The predicted octanol–water partition coefficient (Wildman–Crippen LogP) is 5.07. The molecule has 0 amide bonds. The van der Waals surface area contributed by atoms with E-state index in [1.54, 1.807) is 0 Å². The van der Waals surface area contributed by atoms with Crippen molar-refractivity contribution in [2.45, 2.75) is 57.1 Å². The van der Waals surface area contributed by atoms with Gasteiger partial charge >= 0.3 is 0 Å². The maximum atomic E-state index is 6.27. The first-order valence-corrected chi connectivity index (χ1v) is 8.89. The van der Waals surface area contributed by atoms with Crippen molar-refractivity contribution in [3.8, 4) is 0 Å². The highest BCUT2D eigenvalue weighted by molar-refractivity contribution is 9.09. The van der Waals surface area contributed by atoms with E-state index in [1.807, 2.05) is 0 Å². The molecule has 0 radical (unpaired) electrons. The van der Waals surface area contributed by atoms with Gasteiger partial charge in [0.25, 0.3) is 0 Å². The van der Waals surface area contributed by atoms with E-state index < -0.39 is 0 Å². The summed E-state index contributed by atoms with van der Waals surface area (Å²) >= 11 is 15.5. The van der Waals surface area contributed by atoms with E-state index >= 15 is 0 Å². The van der Waals surface area contributed by atoms with Gasteiger partial charge in [0, 0.05) is 11.8 Å². The molecule has 0 heterocycles.